The van der Waals surface area contributed by atoms with Crippen LogP contribution < -0.4 is 0 Å². The fraction of sp³-hybridized carbons (Fsp3) is 0.286. The molecule has 0 saturated heterocycles. The van der Waals surface area contributed by atoms with E-state index in [1.165, 1.54) is 6.08 Å². The molecule has 0 radical (unpaired) electrons. The lowest BCUT2D eigenvalue weighted by Gasteiger charge is -2.13. The summed E-state index contributed by atoms with van der Waals surface area (Å²) < 4.78 is 45.2. The van der Waals surface area contributed by atoms with E-state index in [0.717, 1.165) is 12.1 Å². The van der Waals surface area contributed by atoms with Crippen LogP contribution in [0.3, 0.4) is 0 Å². The Balaban J connectivity index is 2.42. The van der Waals surface area contributed by atoms with Crippen LogP contribution in [0.1, 0.15) is 36.1 Å². The number of halogens is 4. The summed E-state index contributed by atoms with van der Waals surface area (Å²) in [5.41, 5.74) is 0.218. The van der Waals surface area contributed by atoms with Crippen LogP contribution in [0.25, 0.3) is 6.08 Å². The van der Waals surface area contributed by atoms with E-state index < -0.39 is 23.4 Å². The third-order valence-electron chi connectivity index (χ3n) is 2.96. The first-order chi connectivity index (χ1) is 10.1. The van der Waals surface area contributed by atoms with E-state index in [-0.39, 0.29) is 17.3 Å². The minimum absolute atomic E-state index is 0.181. The van der Waals surface area contributed by atoms with Crippen molar-refractivity contribution >= 4 is 17.7 Å². The van der Waals surface area contributed by atoms with Gasteiger partial charge in [0.25, 0.3) is 0 Å². The van der Waals surface area contributed by atoms with E-state index >= 15 is 0 Å². The SMILES string of the molecule is C=Cc1nnc(C(CCCCl)c2cc(F)c(F)c(F)c2)o1. The lowest BCUT2D eigenvalue weighted by molar-refractivity contribution is 0.431. The van der Waals surface area contributed by atoms with Crippen molar-refractivity contribution < 1.29 is 17.6 Å². The van der Waals surface area contributed by atoms with Gasteiger partial charge in [-0.2, -0.15) is 0 Å². The Morgan fingerprint density at radius 3 is 2.43 bits per heavy atom. The van der Waals surface area contributed by atoms with E-state index in [9.17, 15) is 13.2 Å². The second kappa shape index (κ2) is 6.76. The van der Waals surface area contributed by atoms with Crippen molar-refractivity contribution in [3.63, 3.8) is 0 Å². The Morgan fingerprint density at radius 1 is 1.24 bits per heavy atom. The van der Waals surface area contributed by atoms with E-state index in [0.29, 0.717) is 18.7 Å². The smallest absolute Gasteiger partial charge is 0.239 e. The zero-order valence-corrected chi connectivity index (χ0v) is 11.7. The molecule has 7 heteroatoms. The van der Waals surface area contributed by atoms with Gasteiger partial charge < -0.3 is 4.42 Å². The van der Waals surface area contributed by atoms with Crippen molar-refractivity contribution in [1.29, 1.82) is 0 Å². The lowest BCUT2D eigenvalue weighted by atomic mass is 9.94. The normalized spacial score (nSPS) is 12.4. The molecular weight excluding hydrogens is 305 g/mol. The molecule has 1 aromatic carbocycles. The largest absolute Gasteiger partial charge is 0.421 e. The van der Waals surface area contributed by atoms with Crippen LogP contribution in [0.15, 0.2) is 23.1 Å². The molecular formula is C14H12ClF3N2O. The van der Waals surface area contributed by atoms with Crippen molar-refractivity contribution in [2.75, 3.05) is 5.88 Å². The summed E-state index contributed by atoms with van der Waals surface area (Å²) in [5, 5.41) is 7.55. The molecule has 1 aromatic heterocycles. The third kappa shape index (κ3) is 3.44. The molecule has 1 atom stereocenters. The second-order valence-electron chi connectivity index (χ2n) is 4.36. The number of hydrogen-bond donors (Lipinski definition) is 0. The van der Waals surface area contributed by atoms with Crippen LogP contribution in [0, 0.1) is 17.5 Å². The van der Waals surface area contributed by atoms with Crippen molar-refractivity contribution in [3.8, 4) is 0 Å². The molecule has 112 valence electrons. The maximum atomic E-state index is 13.4. The van der Waals surface area contributed by atoms with Crippen molar-refractivity contribution in [3.05, 3.63) is 53.5 Å². The Morgan fingerprint density at radius 2 is 1.90 bits per heavy atom. The zero-order valence-electron chi connectivity index (χ0n) is 11.0. The van der Waals surface area contributed by atoms with E-state index in [4.69, 9.17) is 16.0 Å². The fourth-order valence-corrected chi connectivity index (χ4v) is 2.11. The van der Waals surface area contributed by atoms with Gasteiger partial charge in [0.15, 0.2) is 17.5 Å². The fourth-order valence-electron chi connectivity index (χ4n) is 1.96. The van der Waals surface area contributed by atoms with Crippen LogP contribution in [0.2, 0.25) is 0 Å². The van der Waals surface area contributed by atoms with E-state index in [2.05, 4.69) is 16.8 Å². The summed E-state index contributed by atoms with van der Waals surface area (Å²) in [6.07, 6.45) is 2.37. The van der Waals surface area contributed by atoms with Gasteiger partial charge in [0.2, 0.25) is 11.8 Å². The third-order valence-corrected chi connectivity index (χ3v) is 3.23. The summed E-state index contributed by atoms with van der Waals surface area (Å²) in [4.78, 5) is 0. The van der Waals surface area contributed by atoms with Gasteiger partial charge in [-0.1, -0.05) is 6.58 Å². The highest BCUT2D eigenvalue weighted by Gasteiger charge is 2.23. The quantitative estimate of drug-likeness (QED) is 0.590. The first kappa shape index (κ1) is 15.6. The van der Waals surface area contributed by atoms with Crippen LogP contribution in [-0.4, -0.2) is 16.1 Å². The van der Waals surface area contributed by atoms with Gasteiger partial charge in [-0.05, 0) is 36.6 Å². The van der Waals surface area contributed by atoms with Gasteiger partial charge in [0.05, 0.1) is 5.92 Å². The number of alkyl halides is 1. The number of rotatable bonds is 6. The van der Waals surface area contributed by atoms with Crippen LogP contribution in [-0.2, 0) is 0 Å². The molecule has 2 rings (SSSR count). The van der Waals surface area contributed by atoms with Crippen molar-refractivity contribution in [2.24, 2.45) is 0 Å². The number of nitrogens with zero attached hydrogens (tertiary/aromatic N) is 2. The molecule has 1 heterocycles. The average Bonchev–Trinajstić information content (AvgIpc) is 2.94. The van der Waals surface area contributed by atoms with Gasteiger partial charge in [-0.3, -0.25) is 0 Å². The molecule has 3 nitrogen and oxygen atoms in total. The molecule has 0 aliphatic carbocycles. The minimum atomic E-state index is -1.51. The highest BCUT2D eigenvalue weighted by atomic mass is 35.5. The molecule has 0 bridgehead atoms. The van der Waals surface area contributed by atoms with Gasteiger partial charge in [0.1, 0.15) is 0 Å². The lowest BCUT2D eigenvalue weighted by Crippen LogP contribution is -2.05. The molecule has 0 spiro atoms. The molecule has 0 N–H and O–H groups in total. The number of benzene rings is 1. The number of aromatic nitrogens is 2. The van der Waals surface area contributed by atoms with Crippen LogP contribution in [0.4, 0.5) is 13.2 Å². The Bertz CT molecular complexity index is 622. The summed E-state index contributed by atoms with van der Waals surface area (Å²) in [6, 6.07) is 1.85. The van der Waals surface area contributed by atoms with E-state index in [1.54, 1.807) is 0 Å². The highest BCUT2D eigenvalue weighted by Crippen LogP contribution is 2.30. The van der Waals surface area contributed by atoms with Gasteiger partial charge in [0, 0.05) is 5.88 Å². The Kier molecular flexibility index (Phi) is 5.01. The average molecular weight is 317 g/mol. The monoisotopic (exact) mass is 316 g/mol. The molecule has 2 aromatic rings. The maximum Gasteiger partial charge on any atom is 0.239 e. The molecule has 0 aliphatic heterocycles. The van der Waals surface area contributed by atoms with Gasteiger partial charge in [-0.15, -0.1) is 21.8 Å². The Hall–Kier alpha value is -1.82. The zero-order chi connectivity index (χ0) is 15.4. The van der Waals surface area contributed by atoms with Crippen molar-refractivity contribution in [2.45, 2.75) is 18.8 Å². The Labute approximate surface area is 124 Å². The minimum Gasteiger partial charge on any atom is -0.421 e. The standard InChI is InChI=1S/C14H12ClF3N2O/c1-2-12-19-20-14(21-12)9(4-3-5-15)8-6-10(16)13(18)11(17)7-8/h2,6-7,9H,1,3-5H2. The topological polar surface area (TPSA) is 38.9 Å². The summed E-state index contributed by atoms with van der Waals surface area (Å²) in [7, 11) is 0. The summed E-state index contributed by atoms with van der Waals surface area (Å²) in [5.74, 6) is -3.84. The van der Waals surface area contributed by atoms with Crippen molar-refractivity contribution in [1.82, 2.24) is 10.2 Å². The highest BCUT2D eigenvalue weighted by molar-refractivity contribution is 6.17. The molecule has 0 aliphatic rings. The molecule has 0 fully saturated rings. The predicted molar refractivity (Wildman–Crippen MR) is 72.5 cm³/mol. The summed E-state index contributed by atoms with van der Waals surface area (Å²) in [6.45, 7) is 3.49. The van der Waals surface area contributed by atoms with Gasteiger partial charge >= 0.3 is 0 Å². The maximum absolute atomic E-state index is 13.4. The number of hydrogen-bond acceptors (Lipinski definition) is 3. The predicted octanol–water partition coefficient (Wildman–Crippen LogP) is 4.28. The molecule has 21 heavy (non-hydrogen) atoms. The van der Waals surface area contributed by atoms with Gasteiger partial charge in [-0.25, -0.2) is 13.2 Å². The van der Waals surface area contributed by atoms with Crippen LogP contribution in [0.5, 0.6) is 0 Å². The molecule has 1 unspecified atom stereocenters. The summed E-state index contributed by atoms with van der Waals surface area (Å²) >= 11 is 5.65. The van der Waals surface area contributed by atoms with E-state index in [1.807, 2.05) is 0 Å². The molecule has 0 saturated carbocycles. The first-order valence-electron chi connectivity index (χ1n) is 6.23. The second-order valence-corrected chi connectivity index (χ2v) is 4.74. The first-order valence-corrected chi connectivity index (χ1v) is 6.76. The molecule has 0 amide bonds. The van der Waals surface area contributed by atoms with Crippen LogP contribution >= 0.6 is 11.6 Å².